The summed E-state index contributed by atoms with van der Waals surface area (Å²) in [4.78, 5) is 13.5. The predicted molar refractivity (Wildman–Crippen MR) is 177 cm³/mol. The van der Waals surface area contributed by atoms with Gasteiger partial charge in [0.2, 0.25) is 0 Å². The van der Waals surface area contributed by atoms with E-state index in [0.717, 1.165) is 34.9 Å². The summed E-state index contributed by atoms with van der Waals surface area (Å²) in [5.41, 5.74) is 0.785. The van der Waals surface area contributed by atoms with Gasteiger partial charge < -0.3 is 24.4 Å². The van der Waals surface area contributed by atoms with Crippen molar-refractivity contribution in [3.63, 3.8) is 0 Å². The number of halogens is 3. The molecule has 10 heteroatoms. The van der Waals surface area contributed by atoms with Gasteiger partial charge in [-0.3, -0.25) is 4.79 Å². The van der Waals surface area contributed by atoms with Gasteiger partial charge in [0, 0.05) is 21.6 Å². The highest BCUT2D eigenvalue weighted by Crippen LogP contribution is 2.42. The van der Waals surface area contributed by atoms with E-state index in [1.165, 1.54) is 17.4 Å². The van der Waals surface area contributed by atoms with Crippen LogP contribution in [0.5, 0.6) is 11.5 Å². The topological polar surface area (TPSA) is 85.2 Å². The average Bonchev–Trinajstić information content (AvgIpc) is 3.35. The molecule has 46 heavy (non-hydrogen) atoms. The molecular formula is C36H49F3O6S. The molecule has 3 rings (SSSR count). The second-order valence-corrected chi connectivity index (χ2v) is 15.4. The maximum absolute atomic E-state index is 13.3. The number of fused-ring (bicyclic) bond motifs is 1. The van der Waals surface area contributed by atoms with Crippen LogP contribution < -0.4 is 9.47 Å². The number of benzene rings is 2. The summed E-state index contributed by atoms with van der Waals surface area (Å²) in [6.45, 7) is 13.9. The van der Waals surface area contributed by atoms with Crippen molar-refractivity contribution < 1.29 is 42.4 Å². The van der Waals surface area contributed by atoms with E-state index in [9.17, 15) is 28.2 Å². The van der Waals surface area contributed by atoms with E-state index in [-0.39, 0.29) is 48.1 Å². The standard InChI is InChI=1S/C36H49F3O6S/c1-8-9-10-11-23-12-15-28(30(16-23)45-36(37,38)39)32-17-24-13-14-27(19-31(24)46-32)43-21-25(40)18-26(41)22-44-33(42)29(35(5,6)7)20-34(2,3)4/h12-17,19,25-26,29,40-41H,8-11,18,20-22H2,1-7H3. The Morgan fingerprint density at radius 2 is 1.61 bits per heavy atom. The van der Waals surface area contributed by atoms with Gasteiger partial charge in [-0.2, -0.15) is 0 Å². The molecule has 0 spiro atoms. The number of esters is 1. The van der Waals surface area contributed by atoms with E-state index in [0.29, 0.717) is 29.0 Å². The molecule has 0 aliphatic rings. The minimum Gasteiger partial charge on any atom is -0.491 e. The van der Waals surface area contributed by atoms with Crippen LogP contribution in [0.1, 0.15) is 86.1 Å². The number of unbranched alkanes of at least 4 members (excludes halogenated alkanes) is 2. The van der Waals surface area contributed by atoms with Gasteiger partial charge in [0.05, 0.1) is 18.1 Å². The first-order chi connectivity index (χ1) is 21.3. The van der Waals surface area contributed by atoms with Crippen molar-refractivity contribution in [2.24, 2.45) is 16.7 Å². The normalized spacial score (nSPS) is 14.6. The number of carbonyl (C=O) groups is 1. The number of hydrogen-bond acceptors (Lipinski definition) is 7. The zero-order valence-corrected chi connectivity index (χ0v) is 28.8. The molecule has 0 saturated heterocycles. The molecule has 0 aliphatic carbocycles. The van der Waals surface area contributed by atoms with Gasteiger partial charge in [0.15, 0.2) is 0 Å². The van der Waals surface area contributed by atoms with Crippen LogP contribution in [0.25, 0.3) is 20.5 Å². The van der Waals surface area contributed by atoms with E-state index in [1.807, 2.05) is 32.9 Å². The number of rotatable bonds is 15. The lowest BCUT2D eigenvalue weighted by Gasteiger charge is -2.34. The predicted octanol–water partition coefficient (Wildman–Crippen LogP) is 9.33. The number of aliphatic hydroxyl groups excluding tert-OH is 2. The van der Waals surface area contributed by atoms with E-state index in [2.05, 4.69) is 32.4 Å². The van der Waals surface area contributed by atoms with Crippen molar-refractivity contribution in [1.82, 2.24) is 0 Å². The second-order valence-electron chi connectivity index (χ2n) is 14.3. The Kier molecular flexibility index (Phi) is 13.0. The SMILES string of the molecule is CCCCCc1ccc(-c2cc3ccc(OCC(O)CC(O)COC(=O)C(CC(C)(C)C)C(C)(C)C)cc3s2)c(OC(F)(F)F)c1. The van der Waals surface area contributed by atoms with Crippen molar-refractivity contribution in [2.45, 2.75) is 106 Å². The van der Waals surface area contributed by atoms with E-state index < -0.39 is 18.6 Å². The molecule has 3 atom stereocenters. The summed E-state index contributed by atoms with van der Waals surface area (Å²) in [5, 5.41) is 21.7. The third kappa shape index (κ3) is 12.1. The molecule has 0 fully saturated rings. The number of aryl methyl sites for hydroxylation is 1. The Morgan fingerprint density at radius 1 is 0.913 bits per heavy atom. The average molecular weight is 667 g/mol. The molecule has 256 valence electrons. The molecule has 1 aromatic heterocycles. The van der Waals surface area contributed by atoms with Crippen LogP contribution in [0.2, 0.25) is 0 Å². The van der Waals surface area contributed by atoms with Gasteiger partial charge in [-0.15, -0.1) is 24.5 Å². The lowest BCUT2D eigenvalue weighted by atomic mass is 9.72. The lowest BCUT2D eigenvalue weighted by Crippen LogP contribution is -2.35. The third-order valence-electron chi connectivity index (χ3n) is 7.65. The van der Waals surface area contributed by atoms with Crippen LogP contribution in [0.3, 0.4) is 0 Å². The van der Waals surface area contributed by atoms with Crippen molar-refractivity contribution in [3.05, 3.63) is 48.0 Å². The first kappa shape index (κ1) is 37.6. The Labute approximate surface area is 274 Å². The molecule has 2 N–H and O–H groups in total. The zero-order valence-electron chi connectivity index (χ0n) is 28.0. The summed E-state index contributed by atoms with van der Waals surface area (Å²) in [7, 11) is 0. The summed E-state index contributed by atoms with van der Waals surface area (Å²) in [6, 6.07) is 12.1. The smallest absolute Gasteiger partial charge is 0.491 e. The van der Waals surface area contributed by atoms with Gasteiger partial charge in [-0.1, -0.05) is 67.4 Å². The molecule has 1 heterocycles. The molecule has 0 amide bonds. The first-order valence-electron chi connectivity index (χ1n) is 15.9. The fourth-order valence-corrected chi connectivity index (χ4v) is 6.35. The minimum atomic E-state index is -4.81. The molecule has 0 bridgehead atoms. The molecule has 0 saturated carbocycles. The van der Waals surface area contributed by atoms with E-state index in [1.54, 1.807) is 24.3 Å². The number of carbonyl (C=O) groups excluding carboxylic acids is 1. The van der Waals surface area contributed by atoms with Crippen LogP contribution >= 0.6 is 11.3 Å². The monoisotopic (exact) mass is 666 g/mol. The van der Waals surface area contributed by atoms with Gasteiger partial charge in [0.1, 0.15) is 24.7 Å². The summed E-state index contributed by atoms with van der Waals surface area (Å²) < 4.78 is 56.3. The van der Waals surface area contributed by atoms with Crippen molar-refractivity contribution >= 4 is 27.4 Å². The van der Waals surface area contributed by atoms with Gasteiger partial charge in [-0.25, -0.2) is 0 Å². The molecular weight excluding hydrogens is 617 g/mol. The summed E-state index contributed by atoms with van der Waals surface area (Å²) >= 11 is 1.31. The Morgan fingerprint density at radius 3 is 2.24 bits per heavy atom. The van der Waals surface area contributed by atoms with E-state index in [4.69, 9.17) is 9.47 Å². The third-order valence-corrected chi connectivity index (χ3v) is 8.78. The number of alkyl halides is 3. The number of thiophene rings is 1. The number of hydrogen-bond donors (Lipinski definition) is 2. The summed E-state index contributed by atoms with van der Waals surface area (Å²) in [6.07, 6.45) is -2.71. The fraction of sp³-hybridized carbons (Fsp3) is 0.583. The van der Waals surface area contributed by atoms with Crippen molar-refractivity contribution in [3.8, 4) is 21.9 Å². The van der Waals surface area contributed by atoms with Crippen LogP contribution in [0.4, 0.5) is 13.2 Å². The van der Waals surface area contributed by atoms with Crippen molar-refractivity contribution in [2.75, 3.05) is 13.2 Å². The molecule has 3 unspecified atom stereocenters. The van der Waals surface area contributed by atoms with Gasteiger partial charge in [0.25, 0.3) is 0 Å². The zero-order chi connectivity index (χ0) is 34.3. The fourth-order valence-electron chi connectivity index (χ4n) is 5.22. The van der Waals surface area contributed by atoms with Crippen LogP contribution in [0, 0.1) is 16.7 Å². The van der Waals surface area contributed by atoms with Crippen molar-refractivity contribution in [1.29, 1.82) is 0 Å². The molecule has 2 aromatic carbocycles. The number of ether oxygens (including phenoxy) is 3. The van der Waals surface area contributed by atoms with Crippen LogP contribution in [0.15, 0.2) is 42.5 Å². The maximum Gasteiger partial charge on any atom is 0.573 e. The van der Waals surface area contributed by atoms with Gasteiger partial charge in [-0.05, 0) is 77.4 Å². The highest BCUT2D eigenvalue weighted by Gasteiger charge is 2.36. The summed E-state index contributed by atoms with van der Waals surface area (Å²) in [5.74, 6) is -0.454. The molecule has 0 radical (unpaired) electrons. The Bertz CT molecular complexity index is 1420. The van der Waals surface area contributed by atoms with Crippen LogP contribution in [-0.2, 0) is 16.0 Å². The highest BCUT2D eigenvalue weighted by atomic mass is 32.1. The van der Waals surface area contributed by atoms with Gasteiger partial charge >= 0.3 is 12.3 Å². The Balaban J connectivity index is 1.62. The quantitative estimate of drug-likeness (QED) is 0.124. The highest BCUT2D eigenvalue weighted by molar-refractivity contribution is 7.22. The van der Waals surface area contributed by atoms with E-state index >= 15 is 0 Å². The largest absolute Gasteiger partial charge is 0.573 e. The number of aliphatic hydroxyl groups is 2. The molecule has 6 nitrogen and oxygen atoms in total. The Hall–Kier alpha value is -2.82. The first-order valence-corrected chi connectivity index (χ1v) is 16.7. The maximum atomic E-state index is 13.3. The second kappa shape index (κ2) is 15.8. The molecule has 3 aromatic rings. The van der Waals surface area contributed by atoms with Crippen LogP contribution in [-0.4, -0.2) is 48.0 Å². The lowest BCUT2D eigenvalue weighted by molar-refractivity contribution is -0.274. The molecule has 0 aliphatic heterocycles. The minimum absolute atomic E-state index is 0.0471.